The molecule has 0 atom stereocenters. The number of fused-ring (bicyclic) bond motifs is 1. The molecule has 0 aliphatic carbocycles. The number of carbonyl (C=O) groups excluding carboxylic acids is 1. The largest absolute Gasteiger partial charge is 0.507 e. The number of carbonyl (C=O) groups is 1. The van der Waals surface area contributed by atoms with Crippen molar-refractivity contribution in [2.75, 3.05) is 0 Å². The molecule has 0 aliphatic heterocycles. The van der Waals surface area contributed by atoms with Crippen LogP contribution in [0.5, 0.6) is 5.75 Å². The third-order valence-corrected chi connectivity index (χ3v) is 3.79. The molecule has 3 rings (SSSR count). The van der Waals surface area contributed by atoms with Gasteiger partial charge in [0.1, 0.15) is 5.75 Å². The summed E-state index contributed by atoms with van der Waals surface area (Å²) in [4.78, 5) is 15.2. The first-order valence-electron chi connectivity index (χ1n) is 7.05. The predicted molar refractivity (Wildman–Crippen MR) is 84.8 cm³/mol. The molecule has 0 fully saturated rings. The van der Waals surface area contributed by atoms with E-state index in [1.54, 1.807) is 19.1 Å². The van der Waals surface area contributed by atoms with E-state index in [-0.39, 0.29) is 11.5 Å². The van der Waals surface area contributed by atoms with Gasteiger partial charge in [-0.05, 0) is 24.6 Å². The average Bonchev–Trinajstić information content (AvgIpc) is 2.81. The molecule has 0 aliphatic rings. The quantitative estimate of drug-likeness (QED) is 0.696. The summed E-state index contributed by atoms with van der Waals surface area (Å²) in [6.07, 6.45) is 0.379. The molecule has 0 amide bonds. The van der Waals surface area contributed by atoms with Crippen LogP contribution in [-0.2, 0) is 0 Å². The first-order valence-corrected chi connectivity index (χ1v) is 7.05. The van der Waals surface area contributed by atoms with Gasteiger partial charge in [0.05, 0.1) is 5.56 Å². The van der Waals surface area contributed by atoms with E-state index in [1.165, 1.54) is 0 Å². The van der Waals surface area contributed by atoms with Gasteiger partial charge in [0.25, 0.3) is 0 Å². The maximum absolute atomic E-state index is 11.9. The van der Waals surface area contributed by atoms with Gasteiger partial charge in [0.2, 0.25) is 0 Å². The Labute approximate surface area is 123 Å². The monoisotopic (exact) mass is 279 g/mol. The fourth-order valence-electron chi connectivity index (χ4n) is 2.76. The molecule has 0 radical (unpaired) electrons. The lowest BCUT2D eigenvalue weighted by Gasteiger charge is -2.05. The fraction of sp³-hybridized carbons (Fsp3) is 0.167. The highest BCUT2D eigenvalue weighted by atomic mass is 16.3. The summed E-state index contributed by atoms with van der Waals surface area (Å²) in [5, 5.41) is 11.1. The number of phenols is 1. The minimum absolute atomic E-state index is 0.0468. The van der Waals surface area contributed by atoms with E-state index in [9.17, 15) is 9.90 Å². The van der Waals surface area contributed by atoms with Crippen molar-refractivity contribution in [3.8, 4) is 16.9 Å². The Morgan fingerprint density at radius 3 is 2.57 bits per heavy atom. The number of ketones is 1. The second-order valence-corrected chi connectivity index (χ2v) is 5.18. The number of phenolic OH excluding ortho intramolecular Hbond substituents is 1. The molecule has 0 saturated carbocycles. The van der Waals surface area contributed by atoms with E-state index in [0.29, 0.717) is 12.0 Å². The molecule has 0 saturated heterocycles. The highest BCUT2D eigenvalue weighted by molar-refractivity contribution is 6.05. The summed E-state index contributed by atoms with van der Waals surface area (Å²) in [6.45, 7) is 3.79. The van der Waals surface area contributed by atoms with Crippen molar-refractivity contribution < 1.29 is 9.90 Å². The third kappa shape index (κ3) is 2.21. The lowest BCUT2D eigenvalue weighted by Crippen LogP contribution is -1.96. The highest BCUT2D eigenvalue weighted by Crippen LogP contribution is 2.35. The van der Waals surface area contributed by atoms with Crippen molar-refractivity contribution in [1.82, 2.24) is 4.98 Å². The van der Waals surface area contributed by atoms with Gasteiger partial charge in [-0.2, -0.15) is 0 Å². The molecule has 3 nitrogen and oxygen atoms in total. The number of benzene rings is 2. The first kappa shape index (κ1) is 13.4. The maximum atomic E-state index is 11.9. The summed E-state index contributed by atoms with van der Waals surface area (Å²) >= 11 is 0. The van der Waals surface area contributed by atoms with Crippen LogP contribution < -0.4 is 0 Å². The van der Waals surface area contributed by atoms with Crippen LogP contribution in [0, 0.1) is 6.92 Å². The third-order valence-electron chi connectivity index (χ3n) is 3.79. The Morgan fingerprint density at radius 2 is 1.90 bits per heavy atom. The Bertz CT molecular complexity index is 816. The number of aromatic amines is 1. The predicted octanol–water partition coefficient (Wildman–Crippen LogP) is 4.44. The summed E-state index contributed by atoms with van der Waals surface area (Å²) < 4.78 is 0. The number of rotatable bonds is 3. The summed E-state index contributed by atoms with van der Waals surface area (Å²) in [5.74, 6) is -0.00607. The number of hydrogen-bond donors (Lipinski definition) is 2. The van der Waals surface area contributed by atoms with E-state index in [0.717, 1.165) is 27.7 Å². The molecule has 0 spiro atoms. The van der Waals surface area contributed by atoms with Crippen molar-refractivity contribution in [2.45, 2.75) is 20.3 Å². The Morgan fingerprint density at radius 1 is 1.19 bits per heavy atom. The number of aromatic hydroxyl groups is 1. The smallest absolute Gasteiger partial charge is 0.166 e. The molecular formula is C18H17NO2. The molecular weight excluding hydrogens is 262 g/mol. The zero-order valence-electron chi connectivity index (χ0n) is 12.1. The molecule has 1 heterocycles. The van der Waals surface area contributed by atoms with Crippen LogP contribution >= 0.6 is 0 Å². The lowest BCUT2D eigenvalue weighted by molar-refractivity contribution is 0.0985. The van der Waals surface area contributed by atoms with Crippen LogP contribution in [0.25, 0.3) is 22.0 Å². The molecule has 2 aromatic carbocycles. The van der Waals surface area contributed by atoms with Gasteiger partial charge in [0, 0.05) is 28.6 Å². The standard InChI is InChI=1S/C18H17NO2/c1-3-16(20)14-9-15-13(10-17(14)21)18(11(2)19-15)12-7-5-4-6-8-12/h4-10,19,21H,3H2,1-2H3. The van der Waals surface area contributed by atoms with Crippen LogP contribution in [0.1, 0.15) is 29.4 Å². The second kappa shape index (κ2) is 5.09. The molecule has 0 bridgehead atoms. The summed E-state index contributed by atoms with van der Waals surface area (Å²) in [7, 11) is 0. The molecule has 1 aromatic heterocycles. The van der Waals surface area contributed by atoms with Gasteiger partial charge in [-0.15, -0.1) is 0 Å². The molecule has 106 valence electrons. The summed E-state index contributed by atoms with van der Waals surface area (Å²) in [6, 6.07) is 13.5. The Hall–Kier alpha value is -2.55. The number of nitrogens with one attached hydrogen (secondary N) is 1. The van der Waals surface area contributed by atoms with Crippen molar-refractivity contribution in [2.24, 2.45) is 0 Å². The number of aromatic nitrogens is 1. The average molecular weight is 279 g/mol. The van der Waals surface area contributed by atoms with Gasteiger partial charge in [-0.1, -0.05) is 37.3 Å². The zero-order valence-corrected chi connectivity index (χ0v) is 12.1. The first-order chi connectivity index (χ1) is 10.1. The molecule has 21 heavy (non-hydrogen) atoms. The van der Waals surface area contributed by atoms with Gasteiger partial charge >= 0.3 is 0 Å². The summed E-state index contributed by atoms with van der Waals surface area (Å²) in [5.41, 5.74) is 4.44. The SMILES string of the molecule is CCC(=O)c1cc2[nH]c(C)c(-c3ccccc3)c2cc1O. The maximum Gasteiger partial charge on any atom is 0.166 e. The van der Waals surface area contributed by atoms with Crippen LogP contribution in [0.4, 0.5) is 0 Å². The van der Waals surface area contributed by atoms with Gasteiger partial charge < -0.3 is 10.1 Å². The molecule has 2 N–H and O–H groups in total. The van der Waals surface area contributed by atoms with E-state index >= 15 is 0 Å². The van der Waals surface area contributed by atoms with Crippen molar-refractivity contribution in [1.29, 1.82) is 0 Å². The van der Waals surface area contributed by atoms with E-state index in [4.69, 9.17) is 0 Å². The van der Waals surface area contributed by atoms with E-state index in [2.05, 4.69) is 4.98 Å². The number of Topliss-reactive ketones (excluding diaryl/α,β-unsaturated/α-hetero) is 1. The van der Waals surface area contributed by atoms with Crippen LogP contribution in [0.2, 0.25) is 0 Å². The highest BCUT2D eigenvalue weighted by Gasteiger charge is 2.16. The van der Waals surface area contributed by atoms with Crippen molar-refractivity contribution in [3.63, 3.8) is 0 Å². The molecule has 3 aromatic rings. The molecule has 0 unspecified atom stereocenters. The van der Waals surface area contributed by atoms with Crippen LogP contribution in [0.15, 0.2) is 42.5 Å². The molecule has 3 heteroatoms. The van der Waals surface area contributed by atoms with Crippen molar-refractivity contribution >= 4 is 16.7 Å². The number of hydrogen-bond acceptors (Lipinski definition) is 2. The zero-order chi connectivity index (χ0) is 15.0. The minimum atomic E-state index is -0.0529. The topological polar surface area (TPSA) is 53.1 Å². The second-order valence-electron chi connectivity index (χ2n) is 5.18. The normalized spacial score (nSPS) is 11.0. The van der Waals surface area contributed by atoms with Gasteiger partial charge in [-0.25, -0.2) is 0 Å². The van der Waals surface area contributed by atoms with Gasteiger partial charge in [0.15, 0.2) is 5.78 Å². The number of aryl methyl sites for hydroxylation is 1. The van der Waals surface area contributed by atoms with Crippen LogP contribution in [-0.4, -0.2) is 15.9 Å². The van der Waals surface area contributed by atoms with Crippen molar-refractivity contribution in [3.05, 3.63) is 53.7 Å². The fourth-order valence-corrected chi connectivity index (χ4v) is 2.76. The Kier molecular flexibility index (Phi) is 3.26. The minimum Gasteiger partial charge on any atom is -0.507 e. The van der Waals surface area contributed by atoms with Crippen LogP contribution in [0.3, 0.4) is 0 Å². The van der Waals surface area contributed by atoms with E-state index < -0.39 is 0 Å². The van der Waals surface area contributed by atoms with Gasteiger partial charge in [-0.3, -0.25) is 4.79 Å². The lowest BCUT2D eigenvalue weighted by atomic mass is 9.99. The Balaban J connectivity index is 2.27. The van der Waals surface area contributed by atoms with E-state index in [1.807, 2.05) is 37.3 Å². The number of H-pyrrole nitrogens is 1.